The Morgan fingerprint density at radius 2 is 0.932 bits per heavy atom. The first-order chi connectivity index (χ1) is 20.4. The van der Waals surface area contributed by atoms with Crippen LogP contribution < -0.4 is 0 Å². The first-order valence-corrected chi connectivity index (χ1v) is 15.9. The van der Waals surface area contributed by atoms with Gasteiger partial charge in [0.2, 0.25) is 0 Å². The number of aliphatic carboxylic acids is 2. The molecule has 2 heterocycles. The van der Waals surface area contributed by atoms with Crippen LogP contribution >= 0.6 is 31.9 Å². The van der Waals surface area contributed by atoms with Crippen molar-refractivity contribution in [3.63, 3.8) is 0 Å². The summed E-state index contributed by atoms with van der Waals surface area (Å²) >= 11 is 6.73. The molecule has 0 aromatic heterocycles. The second-order valence-electron chi connectivity index (χ2n) is 12.8. The van der Waals surface area contributed by atoms with Crippen LogP contribution in [0.3, 0.4) is 0 Å². The molecular formula is C32H40Br2N2O8. The molecule has 0 saturated carbocycles. The van der Waals surface area contributed by atoms with Gasteiger partial charge in [-0.05, 0) is 89.8 Å². The monoisotopic (exact) mass is 738 g/mol. The molecule has 0 unspecified atom stereocenters. The number of carbonyl (C=O) groups is 4. The van der Waals surface area contributed by atoms with Crippen molar-refractivity contribution in [1.29, 1.82) is 0 Å². The molecule has 2 aromatic carbocycles. The first-order valence-electron chi connectivity index (χ1n) is 14.3. The summed E-state index contributed by atoms with van der Waals surface area (Å²) in [5.41, 5.74) is 0.550. The Kier molecular flexibility index (Phi) is 11.5. The van der Waals surface area contributed by atoms with Gasteiger partial charge in [0, 0.05) is 33.9 Å². The third kappa shape index (κ3) is 9.44. The number of halogens is 2. The van der Waals surface area contributed by atoms with Gasteiger partial charge in [-0.25, -0.2) is 19.2 Å². The Hall–Kier alpha value is -3.12. The van der Waals surface area contributed by atoms with E-state index in [9.17, 15) is 29.4 Å². The van der Waals surface area contributed by atoms with Gasteiger partial charge in [-0.15, -0.1) is 0 Å². The Bertz CT molecular complexity index is 1230. The number of ether oxygens (including phenoxy) is 2. The van der Waals surface area contributed by atoms with Crippen LogP contribution in [-0.4, -0.2) is 80.5 Å². The van der Waals surface area contributed by atoms with Gasteiger partial charge in [0.05, 0.1) is 0 Å². The zero-order chi connectivity index (χ0) is 33.0. The Balaban J connectivity index is 0.000000240. The zero-order valence-electron chi connectivity index (χ0n) is 25.8. The Morgan fingerprint density at radius 3 is 1.18 bits per heavy atom. The molecule has 12 heteroatoms. The molecule has 0 spiro atoms. The normalized spacial score (nSPS) is 21.7. The summed E-state index contributed by atoms with van der Waals surface area (Å²) in [4.78, 5) is 50.5. The lowest BCUT2D eigenvalue weighted by atomic mass is 9.92. The van der Waals surface area contributed by atoms with Gasteiger partial charge in [-0.3, -0.25) is 9.80 Å². The number of nitrogens with zero attached hydrogens (tertiary/aromatic N) is 2. The quantitative estimate of drug-likeness (QED) is 0.335. The number of benzene rings is 2. The van der Waals surface area contributed by atoms with Gasteiger partial charge in [0.15, 0.2) is 0 Å². The summed E-state index contributed by atoms with van der Waals surface area (Å²) in [7, 11) is 0. The Morgan fingerprint density at radius 1 is 0.636 bits per heavy atom. The van der Waals surface area contributed by atoms with Gasteiger partial charge < -0.3 is 19.7 Å². The standard InChI is InChI=1S/2C16H20BrNO4/c2*1-16(2,3)22-15(21)18-9-8-12(13(18)14(19)20)10-4-6-11(17)7-5-10/h2*4-7,12-13H,8-9H2,1-3H3,(H,19,20)/t2*12-,13+/m10/s1. The van der Waals surface area contributed by atoms with E-state index in [-0.39, 0.29) is 11.8 Å². The number of rotatable bonds is 4. The van der Waals surface area contributed by atoms with Gasteiger partial charge in [-0.1, -0.05) is 56.1 Å². The van der Waals surface area contributed by atoms with Crippen LogP contribution in [0.25, 0.3) is 0 Å². The molecule has 0 aliphatic carbocycles. The van der Waals surface area contributed by atoms with E-state index >= 15 is 0 Å². The van der Waals surface area contributed by atoms with Crippen molar-refractivity contribution in [2.45, 2.75) is 89.5 Å². The van der Waals surface area contributed by atoms with E-state index in [2.05, 4.69) is 31.9 Å². The number of likely N-dealkylation sites (tertiary alicyclic amines) is 2. The van der Waals surface area contributed by atoms with Crippen molar-refractivity contribution in [1.82, 2.24) is 9.80 Å². The van der Waals surface area contributed by atoms with Crippen LogP contribution in [-0.2, 0) is 19.1 Å². The number of amides is 2. The van der Waals surface area contributed by atoms with E-state index in [1.165, 1.54) is 9.80 Å². The molecule has 10 nitrogen and oxygen atoms in total. The molecule has 4 atom stereocenters. The summed E-state index contributed by atoms with van der Waals surface area (Å²) in [6, 6.07) is 13.3. The van der Waals surface area contributed by atoms with E-state index in [1.807, 2.05) is 48.5 Å². The molecule has 240 valence electrons. The minimum absolute atomic E-state index is 0.224. The highest BCUT2D eigenvalue weighted by Crippen LogP contribution is 2.36. The van der Waals surface area contributed by atoms with Crippen molar-refractivity contribution in [2.75, 3.05) is 13.1 Å². The number of hydrogen-bond acceptors (Lipinski definition) is 6. The van der Waals surface area contributed by atoms with E-state index in [0.717, 1.165) is 20.1 Å². The van der Waals surface area contributed by atoms with Gasteiger partial charge in [-0.2, -0.15) is 0 Å². The SMILES string of the molecule is CC(C)(C)OC(=O)N1CC[C@@H](c2ccc(Br)cc2)[C@@H]1C(=O)O.CC(C)(C)OC(=O)N1CC[C@H](c2ccc(Br)cc2)[C@H]1C(=O)O. The predicted molar refractivity (Wildman–Crippen MR) is 172 cm³/mol. The fourth-order valence-corrected chi connectivity index (χ4v) is 5.89. The molecule has 2 amide bonds. The minimum Gasteiger partial charge on any atom is -0.480 e. The largest absolute Gasteiger partial charge is 0.480 e. The van der Waals surface area contributed by atoms with Crippen molar-refractivity contribution < 1.29 is 38.9 Å². The highest BCUT2D eigenvalue weighted by atomic mass is 79.9. The average molecular weight is 740 g/mol. The molecule has 2 aliphatic heterocycles. The first kappa shape index (κ1) is 35.4. The van der Waals surface area contributed by atoms with Crippen LogP contribution in [0.2, 0.25) is 0 Å². The lowest BCUT2D eigenvalue weighted by Gasteiger charge is -2.28. The minimum atomic E-state index is -1.00. The third-order valence-electron chi connectivity index (χ3n) is 7.15. The van der Waals surface area contributed by atoms with Crippen LogP contribution in [0.15, 0.2) is 57.5 Å². The maximum atomic E-state index is 12.2. The number of hydrogen-bond donors (Lipinski definition) is 2. The van der Waals surface area contributed by atoms with Crippen LogP contribution in [0, 0.1) is 0 Å². The molecule has 0 radical (unpaired) electrons. The maximum Gasteiger partial charge on any atom is 0.411 e. The van der Waals surface area contributed by atoms with E-state index in [0.29, 0.717) is 25.9 Å². The second kappa shape index (κ2) is 14.3. The lowest BCUT2D eigenvalue weighted by molar-refractivity contribution is -0.143. The third-order valence-corrected chi connectivity index (χ3v) is 8.21. The summed E-state index contributed by atoms with van der Waals surface area (Å²) in [5.74, 6) is -2.45. The summed E-state index contributed by atoms with van der Waals surface area (Å²) < 4.78 is 12.5. The molecule has 0 bridgehead atoms. The van der Waals surface area contributed by atoms with Gasteiger partial charge in [0.25, 0.3) is 0 Å². The number of carbonyl (C=O) groups excluding carboxylic acids is 2. The molecular weight excluding hydrogens is 700 g/mol. The summed E-state index contributed by atoms with van der Waals surface area (Å²) in [5, 5.41) is 19.1. The highest BCUT2D eigenvalue weighted by molar-refractivity contribution is 9.10. The molecule has 2 saturated heterocycles. The second-order valence-corrected chi connectivity index (χ2v) is 14.6. The number of carboxylic acids is 2. The van der Waals surface area contributed by atoms with Crippen LogP contribution in [0.5, 0.6) is 0 Å². The fourth-order valence-electron chi connectivity index (χ4n) is 5.36. The predicted octanol–water partition coefficient (Wildman–Crippen LogP) is 7.25. The highest BCUT2D eigenvalue weighted by Gasteiger charge is 2.45. The van der Waals surface area contributed by atoms with Crippen molar-refractivity contribution in [2.24, 2.45) is 0 Å². The number of carboxylic acid groups (broad SMARTS) is 2. The smallest absolute Gasteiger partial charge is 0.411 e. The average Bonchev–Trinajstić information content (AvgIpc) is 3.54. The van der Waals surface area contributed by atoms with Gasteiger partial charge in [0.1, 0.15) is 23.3 Å². The van der Waals surface area contributed by atoms with Gasteiger partial charge >= 0.3 is 24.1 Å². The molecule has 44 heavy (non-hydrogen) atoms. The molecule has 2 N–H and O–H groups in total. The molecule has 2 aliphatic rings. The molecule has 4 rings (SSSR count). The fraction of sp³-hybridized carbons (Fsp3) is 0.500. The van der Waals surface area contributed by atoms with Crippen LogP contribution in [0.1, 0.15) is 77.3 Å². The van der Waals surface area contributed by atoms with Crippen molar-refractivity contribution in [3.05, 3.63) is 68.6 Å². The zero-order valence-corrected chi connectivity index (χ0v) is 28.9. The van der Waals surface area contributed by atoms with Crippen molar-refractivity contribution in [3.8, 4) is 0 Å². The maximum absolute atomic E-state index is 12.2. The summed E-state index contributed by atoms with van der Waals surface area (Å²) in [6.45, 7) is 11.4. The van der Waals surface area contributed by atoms with Crippen LogP contribution in [0.4, 0.5) is 9.59 Å². The van der Waals surface area contributed by atoms with Crippen molar-refractivity contribution >= 4 is 56.0 Å². The van der Waals surface area contributed by atoms with E-state index in [1.54, 1.807) is 41.5 Å². The lowest BCUT2D eigenvalue weighted by Crippen LogP contribution is -2.45. The molecule has 2 fully saturated rings. The Labute approximate surface area is 274 Å². The summed E-state index contributed by atoms with van der Waals surface area (Å²) in [6.07, 6.45) is 0.0781. The topological polar surface area (TPSA) is 134 Å². The van der Waals surface area contributed by atoms with E-state index in [4.69, 9.17) is 9.47 Å². The van der Waals surface area contributed by atoms with E-state index < -0.39 is 47.4 Å². The molecule has 2 aromatic rings.